The van der Waals surface area contributed by atoms with E-state index in [4.69, 9.17) is 23.3 Å². The molecule has 0 spiro atoms. The zero-order valence-electron chi connectivity index (χ0n) is 38.5. The summed E-state index contributed by atoms with van der Waals surface area (Å²) in [6.07, 6.45) is 32.5. The number of esters is 2. The molecular formula is C49H81O14P. The second-order valence-electron chi connectivity index (χ2n) is 16.6. The summed E-state index contributed by atoms with van der Waals surface area (Å²) >= 11 is 0. The molecule has 1 saturated heterocycles. The highest BCUT2D eigenvalue weighted by Gasteiger charge is 2.51. The van der Waals surface area contributed by atoms with Gasteiger partial charge in [0.1, 0.15) is 43.2 Å². The number of phosphoric acid groups is 1. The third-order valence-corrected chi connectivity index (χ3v) is 11.9. The number of rotatable bonds is 37. The maximum absolute atomic E-state index is 12.8. The molecule has 10 atom stereocenters. The Hall–Kier alpha value is -2.75. The van der Waals surface area contributed by atoms with Crippen molar-refractivity contribution >= 4 is 19.8 Å². The predicted molar refractivity (Wildman–Crippen MR) is 248 cm³/mol. The zero-order valence-corrected chi connectivity index (χ0v) is 39.4. The standard InChI is InChI=1S/C49H81O14P/c1-3-5-7-9-11-12-13-14-15-16-17-18-19-20-21-22-23-27-32-36-43(51)61-39(38-60-64(57,58)63-49-47(55)45(53)44(52)46(54)48(49)56)37-59-42(50)35-31-28-24-26-30-34-41-40(62-41)33-29-25-10-8-6-4-2/h5,7,11-12,14-15,17-18,20-21,25,29,39-41,44-49,52-56H,3-4,6,8-10,13,16,19,22-24,26-28,30-38H2,1-2H3,(H,57,58)/b7-5-,12-11-,15-14-,18-17-,21-20-,29-25-/t39-,40?,41?,44?,45-,46+,47-,48-,49?/m1/s1. The van der Waals surface area contributed by atoms with E-state index in [1.165, 1.54) is 19.3 Å². The second kappa shape index (κ2) is 35.4. The Balaban J connectivity index is 1.72. The van der Waals surface area contributed by atoms with Crippen LogP contribution in [0.4, 0.5) is 0 Å². The molecule has 5 unspecified atom stereocenters. The number of hydrogen-bond acceptors (Lipinski definition) is 13. The van der Waals surface area contributed by atoms with Crippen molar-refractivity contribution in [2.45, 2.75) is 210 Å². The van der Waals surface area contributed by atoms with Gasteiger partial charge in [0.2, 0.25) is 0 Å². The van der Waals surface area contributed by atoms with Crippen LogP contribution in [-0.4, -0.2) is 111 Å². The van der Waals surface area contributed by atoms with Gasteiger partial charge in [0.15, 0.2) is 6.10 Å². The SMILES string of the molecule is CC/C=C\C/C=C\C/C=C\C/C=C\C/C=C\CCCCCC(=O)O[C@H](COC(=O)CCCCCCCC1OC1C/C=C\CCCCC)COP(=O)(O)OC1[C@H](O)[C@H](O)C(O)[C@H](O)[C@H]1O. The number of unbranched alkanes of at least 4 members (excludes halogenated alkanes) is 10. The maximum atomic E-state index is 12.8. The fourth-order valence-corrected chi connectivity index (χ4v) is 8.00. The summed E-state index contributed by atoms with van der Waals surface area (Å²) in [5.74, 6) is -1.17. The van der Waals surface area contributed by atoms with Gasteiger partial charge in [0, 0.05) is 12.8 Å². The second-order valence-corrected chi connectivity index (χ2v) is 18.0. The van der Waals surface area contributed by atoms with Crippen LogP contribution in [0.1, 0.15) is 155 Å². The number of carbonyl (C=O) groups excluding carboxylic acids is 2. The predicted octanol–water partition coefficient (Wildman–Crippen LogP) is 8.49. The molecule has 64 heavy (non-hydrogen) atoms. The minimum absolute atomic E-state index is 0.0473. The summed E-state index contributed by atoms with van der Waals surface area (Å²) in [7, 11) is -5.14. The lowest BCUT2D eigenvalue weighted by Crippen LogP contribution is -2.64. The highest BCUT2D eigenvalue weighted by Crippen LogP contribution is 2.47. The molecule has 2 rings (SSSR count). The molecule has 6 N–H and O–H groups in total. The molecule has 2 fully saturated rings. The van der Waals surface area contributed by atoms with Crippen LogP contribution in [0.5, 0.6) is 0 Å². The molecule has 0 aromatic heterocycles. The number of allylic oxidation sites excluding steroid dienone is 11. The van der Waals surface area contributed by atoms with E-state index in [2.05, 4.69) is 86.8 Å². The largest absolute Gasteiger partial charge is 0.472 e. The lowest BCUT2D eigenvalue weighted by atomic mass is 9.85. The van der Waals surface area contributed by atoms with Gasteiger partial charge in [-0.2, -0.15) is 0 Å². The van der Waals surface area contributed by atoms with Crippen LogP contribution < -0.4 is 0 Å². The molecule has 0 amide bonds. The van der Waals surface area contributed by atoms with Crippen molar-refractivity contribution in [3.05, 3.63) is 72.9 Å². The minimum Gasteiger partial charge on any atom is -0.462 e. The monoisotopic (exact) mass is 925 g/mol. The van der Waals surface area contributed by atoms with Gasteiger partial charge in [-0.05, 0) is 83.5 Å². The number of phosphoric ester groups is 1. The molecule has 1 aliphatic carbocycles. The first-order valence-electron chi connectivity index (χ1n) is 23.9. The van der Waals surface area contributed by atoms with Gasteiger partial charge >= 0.3 is 19.8 Å². The van der Waals surface area contributed by atoms with Crippen molar-refractivity contribution in [2.24, 2.45) is 0 Å². The number of aliphatic hydroxyl groups excluding tert-OH is 5. The third-order valence-electron chi connectivity index (χ3n) is 11.0. The molecule has 14 nitrogen and oxygen atoms in total. The van der Waals surface area contributed by atoms with Crippen molar-refractivity contribution in [3.8, 4) is 0 Å². The smallest absolute Gasteiger partial charge is 0.462 e. The maximum Gasteiger partial charge on any atom is 0.472 e. The van der Waals surface area contributed by atoms with Gasteiger partial charge in [-0.1, -0.05) is 132 Å². The van der Waals surface area contributed by atoms with E-state index < -0.39 is 75.7 Å². The summed E-state index contributed by atoms with van der Waals surface area (Å²) in [6, 6.07) is 0. The number of epoxide rings is 1. The molecule has 1 saturated carbocycles. The fraction of sp³-hybridized carbons (Fsp3) is 0.714. The molecule has 1 heterocycles. The molecule has 1 aliphatic heterocycles. The molecular weight excluding hydrogens is 843 g/mol. The quantitative estimate of drug-likeness (QED) is 0.0113. The molecule has 0 bridgehead atoms. The van der Waals surface area contributed by atoms with Crippen LogP contribution in [0.2, 0.25) is 0 Å². The van der Waals surface area contributed by atoms with Gasteiger partial charge in [0.25, 0.3) is 0 Å². The van der Waals surface area contributed by atoms with Gasteiger partial charge in [-0.25, -0.2) is 4.57 Å². The summed E-state index contributed by atoms with van der Waals surface area (Å²) in [5.41, 5.74) is 0. The minimum atomic E-state index is -5.14. The van der Waals surface area contributed by atoms with E-state index in [9.17, 15) is 44.6 Å². The van der Waals surface area contributed by atoms with E-state index >= 15 is 0 Å². The van der Waals surface area contributed by atoms with E-state index in [1.54, 1.807) is 0 Å². The van der Waals surface area contributed by atoms with Crippen molar-refractivity contribution in [1.29, 1.82) is 0 Å². The lowest BCUT2D eigenvalue weighted by molar-refractivity contribution is -0.220. The van der Waals surface area contributed by atoms with Gasteiger partial charge in [-0.3, -0.25) is 18.6 Å². The topological polar surface area (TPSA) is 222 Å². The molecule has 0 aromatic carbocycles. The van der Waals surface area contributed by atoms with Gasteiger partial charge < -0.3 is 44.6 Å². The lowest BCUT2D eigenvalue weighted by Gasteiger charge is -2.41. The Morgan fingerprint density at radius 3 is 1.69 bits per heavy atom. The molecule has 0 aromatic rings. The van der Waals surface area contributed by atoms with Crippen LogP contribution >= 0.6 is 7.82 Å². The first-order chi connectivity index (χ1) is 30.9. The molecule has 0 radical (unpaired) electrons. The van der Waals surface area contributed by atoms with E-state index in [0.29, 0.717) is 25.0 Å². The Labute approximate surface area is 382 Å². The number of aliphatic hydroxyl groups is 5. The normalized spacial score (nSPS) is 25.4. The highest BCUT2D eigenvalue weighted by atomic mass is 31.2. The average Bonchev–Trinajstić information content (AvgIpc) is 4.03. The van der Waals surface area contributed by atoms with Crippen LogP contribution in [0.25, 0.3) is 0 Å². The Morgan fingerprint density at radius 1 is 0.578 bits per heavy atom. The van der Waals surface area contributed by atoms with Crippen LogP contribution in [0, 0.1) is 0 Å². The Morgan fingerprint density at radius 2 is 1.08 bits per heavy atom. The van der Waals surface area contributed by atoms with E-state index in [-0.39, 0.29) is 12.8 Å². The molecule has 366 valence electrons. The van der Waals surface area contributed by atoms with E-state index in [1.807, 2.05) is 0 Å². The summed E-state index contributed by atoms with van der Waals surface area (Å²) < 4.78 is 39.3. The first kappa shape index (κ1) is 57.4. The van der Waals surface area contributed by atoms with E-state index in [0.717, 1.165) is 96.3 Å². The number of carbonyl (C=O) groups is 2. The molecule has 2 aliphatic rings. The van der Waals surface area contributed by atoms with Crippen LogP contribution in [0.15, 0.2) is 72.9 Å². The Bertz CT molecular complexity index is 1460. The highest BCUT2D eigenvalue weighted by molar-refractivity contribution is 7.47. The zero-order chi connectivity index (χ0) is 46.8. The van der Waals surface area contributed by atoms with Gasteiger partial charge in [-0.15, -0.1) is 0 Å². The first-order valence-corrected chi connectivity index (χ1v) is 25.4. The number of ether oxygens (including phenoxy) is 3. The fourth-order valence-electron chi connectivity index (χ4n) is 7.02. The number of hydrogen-bond donors (Lipinski definition) is 6. The van der Waals surface area contributed by atoms with Gasteiger partial charge in [0.05, 0.1) is 18.8 Å². The van der Waals surface area contributed by atoms with Crippen molar-refractivity contribution < 1.29 is 67.8 Å². The van der Waals surface area contributed by atoms with Crippen molar-refractivity contribution in [3.63, 3.8) is 0 Å². The summed E-state index contributed by atoms with van der Waals surface area (Å²) in [6.45, 7) is 3.10. The van der Waals surface area contributed by atoms with Crippen molar-refractivity contribution in [1.82, 2.24) is 0 Å². The Kier molecular flexibility index (Phi) is 31.8. The van der Waals surface area contributed by atoms with Crippen LogP contribution in [-0.2, 0) is 37.4 Å². The van der Waals surface area contributed by atoms with Crippen LogP contribution in [0.3, 0.4) is 0 Å². The summed E-state index contributed by atoms with van der Waals surface area (Å²) in [4.78, 5) is 35.8. The molecule has 15 heteroatoms. The van der Waals surface area contributed by atoms with Crippen molar-refractivity contribution in [2.75, 3.05) is 13.2 Å². The third kappa shape index (κ3) is 27.0. The summed E-state index contributed by atoms with van der Waals surface area (Å²) in [5, 5.41) is 50.2. The average molecular weight is 925 g/mol.